The summed E-state index contributed by atoms with van der Waals surface area (Å²) in [5.41, 5.74) is 0.361. The van der Waals surface area contributed by atoms with Crippen molar-refractivity contribution in [3.8, 4) is 5.75 Å². The molecule has 130 valence electrons. The fourth-order valence-corrected chi connectivity index (χ4v) is 2.80. The molecule has 0 aromatic heterocycles. The molecule has 2 atom stereocenters. The zero-order valence-electron chi connectivity index (χ0n) is 13.1. The third kappa shape index (κ3) is 3.81. The molecular formula is C16H18FNO6. The van der Waals surface area contributed by atoms with Crippen molar-refractivity contribution >= 4 is 17.8 Å². The van der Waals surface area contributed by atoms with Gasteiger partial charge < -0.3 is 19.8 Å². The summed E-state index contributed by atoms with van der Waals surface area (Å²) in [6, 6.07) is 2.97. The number of benzene rings is 1. The van der Waals surface area contributed by atoms with Crippen LogP contribution < -0.4 is 4.74 Å². The highest BCUT2D eigenvalue weighted by Crippen LogP contribution is 2.24. The molecule has 7 nitrogen and oxygen atoms in total. The average Bonchev–Trinajstić information content (AvgIpc) is 2.54. The number of nitrogens with zero attached hydrogens (tertiary/aromatic N) is 1. The first-order valence-electron chi connectivity index (χ1n) is 7.41. The number of amides is 1. The smallest absolute Gasteiger partial charge is 0.326 e. The van der Waals surface area contributed by atoms with Crippen LogP contribution in [0.1, 0.15) is 18.4 Å². The number of likely N-dealkylation sites (tertiary alicyclic amines) is 1. The van der Waals surface area contributed by atoms with Crippen molar-refractivity contribution in [3.05, 3.63) is 29.6 Å². The van der Waals surface area contributed by atoms with Gasteiger partial charge in [0.2, 0.25) is 5.91 Å². The molecule has 1 aromatic carbocycles. The maximum Gasteiger partial charge on any atom is 0.326 e. The van der Waals surface area contributed by atoms with Gasteiger partial charge in [0.25, 0.3) is 0 Å². The Hall–Kier alpha value is -2.64. The monoisotopic (exact) mass is 339 g/mol. The van der Waals surface area contributed by atoms with Gasteiger partial charge in [0.05, 0.1) is 19.4 Å². The maximum atomic E-state index is 13.7. The summed E-state index contributed by atoms with van der Waals surface area (Å²) < 4.78 is 18.5. The first-order valence-corrected chi connectivity index (χ1v) is 7.41. The number of rotatable bonds is 5. The second kappa shape index (κ2) is 7.29. The Kier molecular flexibility index (Phi) is 5.38. The number of methoxy groups -OCH3 is 1. The molecule has 1 aromatic rings. The summed E-state index contributed by atoms with van der Waals surface area (Å²) >= 11 is 0. The SMILES string of the molecule is COc1ccc(CC(=O)N2C[C@H](C(=O)O)CC[C@H]2C(=O)O)cc1F. The fraction of sp³-hybridized carbons (Fsp3) is 0.438. The van der Waals surface area contributed by atoms with Gasteiger partial charge in [-0.2, -0.15) is 0 Å². The Morgan fingerprint density at radius 1 is 1.25 bits per heavy atom. The van der Waals surface area contributed by atoms with Crippen LogP contribution in [0.2, 0.25) is 0 Å². The second-order valence-electron chi connectivity index (χ2n) is 5.66. The minimum Gasteiger partial charge on any atom is -0.494 e. The van der Waals surface area contributed by atoms with E-state index in [1.807, 2.05) is 0 Å². The number of hydrogen-bond acceptors (Lipinski definition) is 4. The lowest BCUT2D eigenvalue weighted by molar-refractivity contribution is -0.157. The van der Waals surface area contributed by atoms with Crippen LogP contribution in [0.25, 0.3) is 0 Å². The highest BCUT2D eigenvalue weighted by Gasteiger charge is 2.38. The molecule has 1 heterocycles. The van der Waals surface area contributed by atoms with E-state index in [0.29, 0.717) is 5.56 Å². The molecule has 0 aliphatic carbocycles. The van der Waals surface area contributed by atoms with Crippen LogP contribution in [0, 0.1) is 11.7 Å². The zero-order valence-corrected chi connectivity index (χ0v) is 13.1. The number of aliphatic carboxylic acids is 2. The lowest BCUT2D eigenvalue weighted by atomic mass is 9.92. The number of piperidine rings is 1. The van der Waals surface area contributed by atoms with Gasteiger partial charge in [0.15, 0.2) is 11.6 Å². The van der Waals surface area contributed by atoms with Crippen LogP contribution in [-0.2, 0) is 20.8 Å². The fourth-order valence-electron chi connectivity index (χ4n) is 2.80. The third-order valence-electron chi connectivity index (χ3n) is 4.11. The van der Waals surface area contributed by atoms with E-state index in [2.05, 4.69) is 0 Å². The summed E-state index contributed by atoms with van der Waals surface area (Å²) in [6.07, 6.45) is 0.0687. The molecule has 0 radical (unpaired) electrons. The molecule has 2 rings (SSSR count). The highest BCUT2D eigenvalue weighted by molar-refractivity contribution is 5.86. The van der Waals surface area contributed by atoms with Gasteiger partial charge in [-0.3, -0.25) is 9.59 Å². The Balaban J connectivity index is 2.16. The molecule has 0 saturated carbocycles. The molecular weight excluding hydrogens is 321 g/mol. The summed E-state index contributed by atoms with van der Waals surface area (Å²) in [7, 11) is 1.32. The van der Waals surface area contributed by atoms with Crippen molar-refractivity contribution in [3.63, 3.8) is 0 Å². The van der Waals surface area contributed by atoms with E-state index in [9.17, 15) is 23.9 Å². The van der Waals surface area contributed by atoms with E-state index in [1.165, 1.54) is 19.2 Å². The van der Waals surface area contributed by atoms with Gasteiger partial charge in [-0.25, -0.2) is 9.18 Å². The van der Waals surface area contributed by atoms with E-state index in [4.69, 9.17) is 9.84 Å². The van der Waals surface area contributed by atoms with Crippen molar-refractivity contribution < 1.29 is 33.7 Å². The standard InChI is InChI=1S/C16H18FNO6/c1-24-13-5-2-9(6-11(13)17)7-14(19)18-8-10(15(20)21)3-4-12(18)16(22)23/h2,5-6,10,12H,3-4,7-8H2,1H3,(H,20,21)(H,22,23)/t10-,12+/m1/s1. The molecule has 1 aliphatic rings. The molecule has 2 N–H and O–H groups in total. The van der Waals surface area contributed by atoms with Crippen molar-refractivity contribution in [1.29, 1.82) is 0 Å². The lowest BCUT2D eigenvalue weighted by Crippen LogP contribution is -2.52. The number of ether oxygens (including phenoxy) is 1. The largest absolute Gasteiger partial charge is 0.494 e. The molecule has 1 saturated heterocycles. The van der Waals surface area contributed by atoms with E-state index in [0.717, 1.165) is 11.0 Å². The summed E-state index contributed by atoms with van der Waals surface area (Å²) in [6.45, 7) is -0.163. The Morgan fingerprint density at radius 3 is 2.50 bits per heavy atom. The first kappa shape index (κ1) is 17.7. The molecule has 24 heavy (non-hydrogen) atoms. The van der Waals surface area contributed by atoms with Crippen molar-refractivity contribution in [2.75, 3.05) is 13.7 Å². The molecule has 0 bridgehead atoms. The van der Waals surface area contributed by atoms with E-state index in [1.54, 1.807) is 0 Å². The molecule has 8 heteroatoms. The number of carbonyl (C=O) groups excluding carboxylic acids is 1. The second-order valence-corrected chi connectivity index (χ2v) is 5.66. The molecule has 1 aliphatic heterocycles. The van der Waals surface area contributed by atoms with E-state index >= 15 is 0 Å². The van der Waals surface area contributed by atoms with Crippen LogP contribution in [-0.4, -0.2) is 52.7 Å². The molecule has 0 unspecified atom stereocenters. The van der Waals surface area contributed by atoms with Crippen LogP contribution >= 0.6 is 0 Å². The van der Waals surface area contributed by atoms with Gasteiger partial charge in [-0.15, -0.1) is 0 Å². The van der Waals surface area contributed by atoms with Gasteiger partial charge >= 0.3 is 11.9 Å². The van der Waals surface area contributed by atoms with Crippen LogP contribution in [0.15, 0.2) is 18.2 Å². The number of hydrogen-bond donors (Lipinski definition) is 2. The topological polar surface area (TPSA) is 104 Å². The minimum absolute atomic E-state index is 0.0403. The zero-order chi connectivity index (χ0) is 17.9. The molecule has 1 fully saturated rings. The summed E-state index contributed by atoms with van der Waals surface area (Å²) in [5.74, 6) is -4.16. The average molecular weight is 339 g/mol. The first-order chi connectivity index (χ1) is 11.3. The van der Waals surface area contributed by atoms with Crippen molar-refractivity contribution in [1.82, 2.24) is 4.90 Å². The number of carbonyl (C=O) groups is 3. The van der Waals surface area contributed by atoms with Crippen LogP contribution in [0.5, 0.6) is 5.75 Å². The van der Waals surface area contributed by atoms with Gasteiger partial charge in [0, 0.05) is 6.54 Å². The van der Waals surface area contributed by atoms with E-state index < -0.39 is 35.6 Å². The van der Waals surface area contributed by atoms with Gasteiger partial charge in [-0.05, 0) is 30.5 Å². The minimum atomic E-state index is -1.17. The molecule has 1 amide bonds. The predicted molar refractivity (Wildman–Crippen MR) is 80.2 cm³/mol. The Morgan fingerprint density at radius 2 is 1.96 bits per heavy atom. The van der Waals surface area contributed by atoms with Gasteiger partial charge in [0.1, 0.15) is 6.04 Å². The van der Waals surface area contributed by atoms with Crippen LogP contribution in [0.3, 0.4) is 0 Å². The Labute approximate surface area is 137 Å². The quantitative estimate of drug-likeness (QED) is 0.834. The van der Waals surface area contributed by atoms with Crippen molar-refractivity contribution in [2.45, 2.75) is 25.3 Å². The third-order valence-corrected chi connectivity index (χ3v) is 4.11. The predicted octanol–water partition coefficient (Wildman–Crippen LogP) is 1.15. The Bertz CT molecular complexity index is 662. The summed E-state index contributed by atoms with van der Waals surface area (Å²) in [5, 5.41) is 18.3. The maximum absolute atomic E-state index is 13.7. The van der Waals surface area contributed by atoms with E-state index in [-0.39, 0.29) is 31.6 Å². The lowest BCUT2D eigenvalue weighted by Gasteiger charge is -2.36. The number of carboxylic acid groups (broad SMARTS) is 2. The van der Waals surface area contributed by atoms with Gasteiger partial charge in [-0.1, -0.05) is 6.07 Å². The number of halogens is 1. The van der Waals surface area contributed by atoms with Crippen molar-refractivity contribution in [2.24, 2.45) is 5.92 Å². The van der Waals surface area contributed by atoms with Crippen LogP contribution in [0.4, 0.5) is 4.39 Å². The number of carboxylic acids is 2. The highest BCUT2D eigenvalue weighted by atomic mass is 19.1. The summed E-state index contributed by atoms with van der Waals surface area (Å²) in [4.78, 5) is 35.9. The normalized spacial score (nSPS) is 20.5. The molecule has 0 spiro atoms.